The zero-order chi connectivity index (χ0) is 20.5. The molecule has 0 aromatic rings. The van der Waals surface area contributed by atoms with Crippen molar-refractivity contribution in [2.75, 3.05) is 6.61 Å². The fourth-order valence-corrected chi connectivity index (χ4v) is 2.95. The molecule has 0 radical (unpaired) electrons. The Morgan fingerprint density at radius 3 is 2.15 bits per heavy atom. The molecule has 27 heavy (non-hydrogen) atoms. The first kappa shape index (κ1) is 21.9. The van der Waals surface area contributed by atoms with E-state index in [0.29, 0.717) is 0 Å². The lowest BCUT2D eigenvalue weighted by Gasteiger charge is -2.46. The van der Waals surface area contributed by atoms with Gasteiger partial charge in [-0.3, -0.25) is 4.79 Å². The summed E-state index contributed by atoms with van der Waals surface area (Å²) in [5, 5.41) is 70.4. The van der Waals surface area contributed by atoms with E-state index in [1.165, 1.54) is 0 Å². The van der Waals surface area contributed by atoms with Crippen molar-refractivity contribution in [3.63, 3.8) is 0 Å². The van der Waals surface area contributed by atoms with E-state index >= 15 is 0 Å². The molecular weight excluding hydrogens is 374 g/mol. The molecule has 156 valence electrons. The Kier molecular flexibility index (Phi) is 7.07. The van der Waals surface area contributed by atoms with Crippen LogP contribution in [0.1, 0.15) is 6.92 Å². The van der Waals surface area contributed by atoms with E-state index in [1.54, 1.807) is 0 Å². The molecule has 2 heterocycles. The highest BCUT2D eigenvalue weighted by Crippen LogP contribution is 2.28. The van der Waals surface area contributed by atoms with Crippen molar-refractivity contribution >= 4 is 11.9 Å². The van der Waals surface area contributed by atoms with Gasteiger partial charge in [0.1, 0.15) is 42.7 Å². The Labute approximate surface area is 152 Å². The van der Waals surface area contributed by atoms with Gasteiger partial charge in [0.15, 0.2) is 18.7 Å². The third-order valence-electron chi connectivity index (χ3n) is 4.35. The third kappa shape index (κ3) is 4.53. The predicted molar refractivity (Wildman–Crippen MR) is 80.8 cm³/mol. The smallest absolute Gasteiger partial charge is 0.335 e. The highest BCUT2D eigenvalue weighted by molar-refractivity contribution is 5.73. The predicted octanol–water partition coefficient (Wildman–Crippen LogP) is -5.16. The van der Waals surface area contributed by atoms with Gasteiger partial charge in [0.25, 0.3) is 0 Å². The number of nitrogens with one attached hydrogen (secondary N) is 1. The number of carbonyl (C=O) groups excluding carboxylic acids is 1. The van der Waals surface area contributed by atoms with Crippen molar-refractivity contribution < 1.29 is 59.5 Å². The van der Waals surface area contributed by atoms with Crippen molar-refractivity contribution in [1.29, 1.82) is 0 Å². The van der Waals surface area contributed by atoms with E-state index in [2.05, 4.69) is 5.32 Å². The molecule has 2 fully saturated rings. The molecule has 13 heteroatoms. The van der Waals surface area contributed by atoms with Crippen LogP contribution >= 0.6 is 0 Å². The van der Waals surface area contributed by atoms with Crippen molar-refractivity contribution in [3.05, 3.63) is 0 Å². The maximum Gasteiger partial charge on any atom is 0.335 e. The first-order valence-corrected chi connectivity index (χ1v) is 8.06. The molecule has 2 rings (SSSR count). The molecule has 10 atom stereocenters. The number of rotatable bonds is 5. The van der Waals surface area contributed by atoms with Crippen LogP contribution in [0.5, 0.6) is 0 Å². The normalized spacial score (nSPS) is 45.3. The summed E-state index contributed by atoms with van der Waals surface area (Å²) in [6, 6.07) is -1.37. The molecule has 0 bridgehead atoms. The van der Waals surface area contributed by atoms with Crippen molar-refractivity contribution in [2.24, 2.45) is 0 Å². The summed E-state index contributed by atoms with van der Waals surface area (Å²) < 4.78 is 15.3. The van der Waals surface area contributed by atoms with Gasteiger partial charge in [0, 0.05) is 6.92 Å². The summed E-state index contributed by atoms with van der Waals surface area (Å²) >= 11 is 0. The molecule has 0 aliphatic carbocycles. The number of aliphatic hydroxyl groups excluding tert-OH is 6. The fraction of sp³-hybridized carbons (Fsp3) is 0.857. The first-order chi connectivity index (χ1) is 12.6. The van der Waals surface area contributed by atoms with Gasteiger partial charge in [-0.25, -0.2) is 4.79 Å². The SMILES string of the molecule is CC(=O)N[C@@H]1[C@@H](O[C@@H]2O[C@H](C(=O)O)[C@@H](O)[C@H](O)[C@H]2O)[C@H](O)[C@@H](CO)O[C@H]1O. The second-order valence-corrected chi connectivity index (χ2v) is 6.30. The number of ether oxygens (including phenoxy) is 3. The van der Waals surface area contributed by atoms with Crippen LogP contribution in [0, 0.1) is 0 Å². The van der Waals surface area contributed by atoms with Gasteiger partial charge in [-0.05, 0) is 0 Å². The van der Waals surface area contributed by atoms with Crippen molar-refractivity contribution in [2.45, 2.75) is 68.3 Å². The Hall–Kier alpha value is -1.42. The van der Waals surface area contributed by atoms with Crippen LogP contribution in [-0.2, 0) is 23.8 Å². The number of hydrogen-bond donors (Lipinski definition) is 8. The summed E-state index contributed by atoms with van der Waals surface area (Å²) in [6.45, 7) is 0.388. The molecule has 1 amide bonds. The van der Waals surface area contributed by atoms with Crippen LogP contribution in [0.3, 0.4) is 0 Å². The zero-order valence-corrected chi connectivity index (χ0v) is 14.2. The molecule has 2 saturated heterocycles. The molecule has 0 aromatic heterocycles. The van der Waals surface area contributed by atoms with E-state index in [1.807, 2.05) is 0 Å². The van der Waals surface area contributed by atoms with E-state index in [9.17, 15) is 40.2 Å². The molecule has 2 aliphatic rings. The third-order valence-corrected chi connectivity index (χ3v) is 4.35. The lowest BCUT2D eigenvalue weighted by Crippen LogP contribution is -2.67. The van der Waals surface area contributed by atoms with Gasteiger partial charge in [0.2, 0.25) is 5.91 Å². The topological polar surface area (TPSA) is 215 Å². The second-order valence-electron chi connectivity index (χ2n) is 6.30. The summed E-state index contributed by atoms with van der Waals surface area (Å²) in [7, 11) is 0. The maximum absolute atomic E-state index is 11.4. The Morgan fingerprint density at radius 1 is 1.00 bits per heavy atom. The van der Waals surface area contributed by atoms with Gasteiger partial charge in [-0.1, -0.05) is 0 Å². The Bertz CT molecular complexity index is 546. The molecule has 13 nitrogen and oxygen atoms in total. The average molecular weight is 397 g/mol. The number of carboxylic acids is 1. The minimum absolute atomic E-state index is 0.630. The molecule has 0 spiro atoms. The van der Waals surface area contributed by atoms with Crippen LogP contribution in [-0.4, -0.2) is 116 Å². The van der Waals surface area contributed by atoms with E-state index in [-0.39, 0.29) is 0 Å². The minimum Gasteiger partial charge on any atom is -0.479 e. The molecular formula is C14H23NO12. The van der Waals surface area contributed by atoms with Gasteiger partial charge in [-0.15, -0.1) is 0 Å². The van der Waals surface area contributed by atoms with Crippen molar-refractivity contribution in [1.82, 2.24) is 5.32 Å². The number of hydrogen-bond acceptors (Lipinski definition) is 11. The largest absolute Gasteiger partial charge is 0.479 e. The summed E-state index contributed by atoms with van der Waals surface area (Å²) in [5.74, 6) is -2.27. The highest BCUT2D eigenvalue weighted by Gasteiger charge is 2.52. The van der Waals surface area contributed by atoms with Gasteiger partial charge in [-0.2, -0.15) is 0 Å². The van der Waals surface area contributed by atoms with E-state index in [4.69, 9.17) is 19.3 Å². The zero-order valence-electron chi connectivity index (χ0n) is 14.2. The standard InChI is InChI=1S/C14H23NO12/c1-3(17)15-5-10(6(18)4(2-16)25-13(5)24)26-14-9(21)7(19)8(20)11(27-14)12(22)23/h4-11,13-14,16,18-21,24H,2H2,1H3,(H,15,17)(H,22,23)/t4-,5-,6-,7+,8+,9-,10-,11+,13-,14-/m1/s1. The maximum atomic E-state index is 11.4. The van der Waals surface area contributed by atoms with E-state index < -0.39 is 79.8 Å². The average Bonchev–Trinajstić information content (AvgIpc) is 2.60. The van der Waals surface area contributed by atoms with Crippen LogP contribution in [0.4, 0.5) is 0 Å². The lowest BCUT2D eigenvalue weighted by atomic mass is 9.95. The van der Waals surface area contributed by atoms with Crippen LogP contribution in [0.25, 0.3) is 0 Å². The highest BCUT2D eigenvalue weighted by atomic mass is 16.7. The molecule has 8 N–H and O–H groups in total. The fourth-order valence-electron chi connectivity index (χ4n) is 2.95. The Morgan fingerprint density at radius 2 is 1.63 bits per heavy atom. The summed E-state index contributed by atoms with van der Waals surface area (Å²) in [5.41, 5.74) is 0. The quantitative estimate of drug-likeness (QED) is 0.218. The monoisotopic (exact) mass is 397 g/mol. The molecule has 2 aliphatic heterocycles. The van der Waals surface area contributed by atoms with Gasteiger partial charge < -0.3 is 55.3 Å². The second kappa shape index (κ2) is 8.72. The molecule has 0 unspecified atom stereocenters. The number of carbonyl (C=O) groups is 2. The first-order valence-electron chi connectivity index (χ1n) is 8.06. The lowest BCUT2D eigenvalue weighted by molar-refractivity contribution is -0.336. The number of amides is 1. The summed E-state index contributed by atoms with van der Waals surface area (Å²) in [4.78, 5) is 22.5. The molecule has 0 aromatic carbocycles. The number of carboxylic acid groups (broad SMARTS) is 1. The number of aliphatic carboxylic acids is 1. The molecule has 0 saturated carbocycles. The van der Waals surface area contributed by atoms with Gasteiger partial charge in [0.05, 0.1) is 6.61 Å². The van der Waals surface area contributed by atoms with Crippen LogP contribution in [0.15, 0.2) is 0 Å². The number of aliphatic hydroxyl groups is 6. The van der Waals surface area contributed by atoms with Crippen molar-refractivity contribution in [3.8, 4) is 0 Å². The van der Waals surface area contributed by atoms with E-state index in [0.717, 1.165) is 6.92 Å². The Balaban J connectivity index is 2.25. The minimum atomic E-state index is -1.95. The van der Waals surface area contributed by atoms with Crippen LogP contribution < -0.4 is 5.32 Å². The van der Waals surface area contributed by atoms with Crippen LogP contribution in [0.2, 0.25) is 0 Å². The van der Waals surface area contributed by atoms with Gasteiger partial charge >= 0.3 is 5.97 Å². The summed E-state index contributed by atoms with van der Waals surface area (Å²) in [6.07, 6.45) is -15.8.